The van der Waals surface area contributed by atoms with Gasteiger partial charge in [0.25, 0.3) is 0 Å². The molecular formula is C15H22N2O. The van der Waals surface area contributed by atoms with Crippen LogP contribution in [0.4, 0.5) is 0 Å². The van der Waals surface area contributed by atoms with Crippen molar-refractivity contribution in [2.45, 2.75) is 39.2 Å². The molecule has 98 valence electrons. The Labute approximate surface area is 108 Å². The molecule has 1 aliphatic carbocycles. The van der Waals surface area contributed by atoms with Crippen LogP contribution in [0.5, 0.6) is 5.75 Å². The Bertz CT molecular complexity index is 560. The molecule has 1 saturated carbocycles. The molecule has 2 fully saturated rings. The number of H-pyrrole nitrogens is 1. The second kappa shape index (κ2) is 4.16. The van der Waals surface area contributed by atoms with Gasteiger partial charge in [-0.3, -0.25) is 0 Å². The minimum atomic E-state index is 0.423. The van der Waals surface area contributed by atoms with E-state index in [1.807, 2.05) is 6.92 Å². The van der Waals surface area contributed by atoms with E-state index in [2.05, 4.69) is 23.8 Å². The lowest BCUT2D eigenvalue weighted by Crippen LogP contribution is -2.49. The van der Waals surface area contributed by atoms with Gasteiger partial charge in [-0.15, -0.1) is 0 Å². The van der Waals surface area contributed by atoms with Crippen molar-refractivity contribution in [1.82, 2.24) is 10.3 Å². The molecular weight excluding hydrogens is 224 g/mol. The van der Waals surface area contributed by atoms with Gasteiger partial charge in [-0.2, -0.15) is 0 Å². The Balaban J connectivity index is 2.03. The lowest BCUT2D eigenvalue weighted by Gasteiger charge is -2.31. The van der Waals surface area contributed by atoms with Crippen LogP contribution in [0.25, 0.3) is 12.2 Å². The topological polar surface area (TPSA) is 48.0 Å². The fraction of sp³-hybridized carbons (Fsp3) is 0.600. The Kier molecular flexibility index (Phi) is 2.74. The lowest BCUT2D eigenvalue weighted by atomic mass is 9.94. The molecule has 1 aromatic heterocycles. The van der Waals surface area contributed by atoms with Crippen molar-refractivity contribution < 1.29 is 5.11 Å². The summed E-state index contributed by atoms with van der Waals surface area (Å²) in [4.78, 5) is 3.21. The zero-order valence-corrected chi connectivity index (χ0v) is 11.2. The first-order chi connectivity index (χ1) is 8.61. The molecule has 1 aromatic rings. The Morgan fingerprint density at radius 2 is 2.22 bits per heavy atom. The minimum Gasteiger partial charge on any atom is -0.505 e. The third kappa shape index (κ3) is 1.61. The molecule has 0 amide bonds. The van der Waals surface area contributed by atoms with Gasteiger partial charge in [-0.05, 0) is 44.6 Å². The number of rotatable bonds is 2. The molecule has 0 spiro atoms. The van der Waals surface area contributed by atoms with Crippen molar-refractivity contribution >= 4 is 12.2 Å². The molecule has 0 bridgehead atoms. The first kappa shape index (κ1) is 11.8. The maximum absolute atomic E-state index is 10.3. The van der Waals surface area contributed by atoms with Gasteiger partial charge in [0.15, 0.2) is 0 Å². The first-order valence-electron chi connectivity index (χ1n) is 6.94. The molecule has 3 nitrogen and oxygen atoms in total. The lowest BCUT2D eigenvalue weighted by molar-refractivity contribution is 0.274. The van der Waals surface area contributed by atoms with E-state index in [9.17, 15) is 5.11 Å². The Hall–Kier alpha value is -1.22. The summed E-state index contributed by atoms with van der Waals surface area (Å²) in [6.07, 6.45) is 3.29. The van der Waals surface area contributed by atoms with Crippen molar-refractivity contribution in [3.8, 4) is 5.75 Å². The number of nitrogens with one attached hydrogen (secondary N) is 2. The molecule has 2 aliphatic rings. The van der Waals surface area contributed by atoms with Gasteiger partial charge in [0, 0.05) is 16.6 Å². The highest BCUT2D eigenvalue weighted by Crippen LogP contribution is 2.39. The molecule has 3 unspecified atom stereocenters. The average Bonchev–Trinajstić information content (AvgIpc) is 2.77. The molecule has 3 atom stereocenters. The van der Waals surface area contributed by atoms with Crippen LogP contribution in [0, 0.1) is 11.8 Å². The summed E-state index contributed by atoms with van der Waals surface area (Å²) < 4.78 is 0. The molecule has 2 heterocycles. The highest BCUT2D eigenvalue weighted by Gasteiger charge is 2.40. The first-order valence-corrected chi connectivity index (χ1v) is 6.94. The molecule has 3 N–H and O–H groups in total. The molecule has 1 aliphatic heterocycles. The van der Waals surface area contributed by atoms with Crippen LogP contribution in [0.2, 0.25) is 0 Å². The standard InChI is InChI=1S/C15H22N2O/c1-4-12-15(18)14(9(3)17-12)8(2)10-5-11-7-16-13(11)6-10/h10-11,13,16-18H,3-7H2,1-2H3/b14-8-. The predicted octanol–water partition coefficient (Wildman–Crippen LogP) is 0.862. The maximum Gasteiger partial charge on any atom is 0.144 e. The quantitative estimate of drug-likeness (QED) is 0.725. The van der Waals surface area contributed by atoms with Gasteiger partial charge in [-0.25, -0.2) is 0 Å². The zero-order chi connectivity index (χ0) is 12.9. The van der Waals surface area contributed by atoms with E-state index in [4.69, 9.17) is 0 Å². The second-order valence-corrected chi connectivity index (χ2v) is 5.79. The normalized spacial score (nSPS) is 32.0. The number of aromatic hydroxyl groups is 1. The minimum absolute atomic E-state index is 0.423. The largest absolute Gasteiger partial charge is 0.505 e. The summed E-state index contributed by atoms with van der Waals surface area (Å²) in [5.41, 5.74) is 2.22. The van der Waals surface area contributed by atoms with Crippen LogP contribution in [0.3, 0.4) is 0 Å². The molecule has 0 aromatic carbocycles. The summed E-state index contributed by atoms with van der Waals surface area (Å²) in [6, 6.07) is 0.713. The van der Waals surface area contributed by atoms with E-state index in [0.717, 1.165) is 28.6 Å². The van der Waals surface area contributed by atoms with E-state index >= 15 is 0 Å². The molecule has 1 saturated heterocycles. The monoisotopic (exact) mass is 246 g/mol. The van der Waals surface area contributed by atoms with E-state index in [1.165, 1.54) is 25.0 Å². The van der Waals surface area contributed by atoms with Gasteiger partial charge in [0.1, 0.15) is 5.75 Å². The van der Waals surface area contributed by atoms with Crippen molar-refractivity contribution in [3.63, 3.8) is 0 Å². The molecule has 3 rings (SSSR count). The van der Waals surface area contributed by atoms with Crippen LogP contribution in [0.15, 0.2) is 0 Å². The zero-order valence-electron chi connectivity index (χ0n) is 11.2. The number of fused-ring (bicyclic) bond motifs is 1. The summed E-state index contributed by atoms with van der Waals surface area (Å²) in [5, 5.41) is 15.6. The second-order valence-electron chi connectivity index (χ2n) is 5.79. The predicted molar refractivity (Wildman–Crippen MR) is 73.7 cm³/mol. The van der Waals surface area contributed by atoms with Crippen molar-refractivity contribution in [2.75, 3.05) is 6.54 Å². The number of aryl methyl sites for hydroxylation is 1. The highest BCUT2D eigenvalue weighted by molar-refractivity contribution is 5.51. The maximum atomic E-state index is 10.3. The van der Waals surface area contributed by atoms with E-state index in [-0.39, 0.29) is 0 Å². The van der Waals surface area contributed by atoms with Crippen LogP contribution in [-0.4, -0.2) is 22.7 Å². The van der Waals surface area contributed by atoms with E-state index in [1.54, 1.807) is 0 Å². The van der Waals surface area contributed by atoms with Gasteiger partial charge in [0.2, 0.25) is 0 Å². The Morgan fingerprint density at radius 3 is 2.67 bits per heavy atom. The van der Waals surface area contributed by atoms with Crippen LogP contribution >= 0.6 is 0 Å². The fourth-order valence-electron chi connectivity index (χ4n) is 3.58. The summed E-state index contributed by atoms with van der Waals surface area (Å²) >= 11 is 0. The van der Waals surface area contributed by atoms with Crippen LogP contribution in [-0.2, 0) is 6.42 Å². The third-order valence-corrected chi connectivity index (χ3v) is 4.82. The highest BCUT2D eigenvalue weighted by atomic mass is 16.3. The van der Waals surface area contributed by atoms with Crippen molar-refractivity contribution in [1.29, 1.82) is 0 Å². The van der Waals surface area contributed by atoms with Crippen molar-refractivity contribution in [3.05, 3.63) is 16.3 Å². The summed E-state index contributed by atoms with van der Waals surface area (Å²) in [6.45, 7) is 9.42. The summed E-state index contributed by atoms with van der Waals surface area (Å²) in [5.74, 6) is 1.87. The van der Waals surface area contributed by atoms with Gasteiger partial charge < -0.3 is 15.4 Å². The van der Waals surface area contributed by atoms with Crippen molar-refractivity contribution in [2.24, 2.45) is 11.8 Å². The van der Waals surface area contributed by atoms with E-state index < -0.39 is 0 Å². The number of hydrogen-bond acceptors (Lipinski definition) is 2. The smallest absolute Gasteiger partial charge is 0.144 e. The van der Waals surface area contributed by atoms with Crippen LogP contribution in [0.1, 0.15) is 32.4 Å². The number of aromatic nitrogens is 1. The molecule has 0 radical (unpaired) electrons. The molecule has 3 heteroatoms. The SMILES string of the molecule is C=c1[nH]c(CC)c(O)/c1=C(/C)C1CC2CNC2C1. The van der Waals surface area contributed by atoms with Crippen LogP contribution < -0.4 is 15.9 Å². The van der Waals surface area contributed by atoms with Gasteiger partial charge in [0.05, 0.1) is 5.69 Å². The Morgan fingerprint density at radius 1 is 1.44 bits per heavy atom. The number of hydrogen-bond donors (Lipinski definition) is 3. The number of aromatic amines is 1. The fourth-order valence-corrected chi connectivity index (χ4v) is 3.58. The average molecular weight is 246 g/mol. The molecule has 18 heavy (non-hydrogen) atoms. The van der Waals surface area contributed by atoms with Gasteiger partial charge in [-0.1, -0.05) is 19.1 Å². The van der Waals surface area contributed by atoms with E-state index in [0.29, 0.717) is 17.7 Å². The third-order valence-electron chi connectivity index (χ3n) is 4.82. The summed E-state index contributed by atoms with van der Waals surface area (Å²) in [7, 11) is 0. The van der Waals surface area contributed by atoms with Gasteiger partial charge >= 0.3 is 0 Å².